The first-order chi connectivity index (χ1) is 11.2. The maximum atomic E-state index is 6.18. The zero-order valence-corrected chi connectivity index (χ0v) is 17.1. The van der Waals surface area contributed by atoms with Crippen molar-refractivity contribution >= 4 is 29.9 Å². The third kappa shape index (κ3) is 6.84. The molecule has 0 saturated carbocycles. The van der Waals surface area contributed by atoms with Gasteiger partial charge in [0.15, 0.2) is 5.96 Å². The summed E-state index contributed by atoms with van der Waals surface area (Å²) >= 11 is 0. The van der Waals surface area contributed by atoms with E-state index in [-0.39, 0.29) is 24.0 Å². The van der Waals surface area contributed by atoms with Crippen molar-refractivity contribution in [1.29, 1.82) is 0 Å². The molecule has 6 heteroatoms. The van der Waals surface area contributed by atoms with Crippen molar-refractivity contribution in [2.75, 3.05) is 33.4 Å². The molecular weight excluding hydrogens is 417 g/mol. The normalized spacial score (nSPS) is 15.6. The van der Waals surface area contributed by atoms with Crippen LogP contribution in [0.1, 0.15) is 36.8 Å². The maximum Gasteiger partial charge on any atom is 0.191 e. The molecule has 24 heavy (non-hydrogen) atoms. The van der Waals surface area contributed by atoms with Gasteiger partial charge < -0.3 is 20.1 Å². The summed E-state index contributed by atoms with van der Waals surface area (Å²) in [5.74, 6) is 1.52. The van der Waals surface area contributed by atoms with E-state index in [1.165, 1.54) is 31.2 Å². The minimum atomic E-state index is 0. The summed E-state index contributed by atoms with van der Waals surface area (Å²) in [5.41, 5.74) is 8.41. The summed E-state index contributed by atoms with van der Waals surface area (Å²) in [6.45, 7) is 5.75. The first-order valence-electron chi connectivity index (χ1n) is 8.47. The smallest absolute Gasteiger partial charge is 0.191 e. The Morgan fingerprint density at radius 3 is 2.54 bits per heavy atom. The van der Waals surface area contributed by atoms with Crippen LogP contribution in [0.4, 0.5) is 0 Å². The lowest BCUT2D eigenvalue weighted by Gasteiger charge is -2.21. The second-order valence-electron chi connectivity index (χ2n) is 6.03. The van der Waals surface area contributed by atoms with Gasteiger partial charge in [0.2, 0.25) is 0 Å². The quantitative estimate of drug-likeness (QED) is 0.315. The lowest BCUT2D eigenvalue weighted by Crippen LogP contribution is -2.38. The van der Waals surface area contributed by atoms with Crippen LogP contribution >= 0.6 is 24.0 Å². The predicted molar refractivity (Wildman–Crippen MR) is 109 cm³/mol. The molecule has 0 unspecified atom stereocenters. The third-order valence-corrected chi connectivity index (χ3v) is 4.11. The van der Waals surface area contributed by atoms with Crippen molar-refractivity contribution in [1.82, 2.24) is 4.90 Å². The monoisotopic (exact) mass is 447 g/mol. The second-order valence-corrected chi connectivity index (χ2v) is 6.03. The van der Waals surface area contributed by atoms with E-state index in [9.17, 15) is 0 Å². The van der Waals surface area contributed by atoms with E-state index in [0.29, 0.717) is 25.7 Å². The average molecular weight is 447 g/mol. The highest BCUT2D eigenvalue weighted by Crippen LogP contribution is 2.21. The van der Waals surface area contributed by atoms with E-state index in [1.54, 1.807) is 7.11 Å². The van der Waals surface area contributed by atoms with Crippen LogP contribution in [0.3, 0.4) is 0 Å². The lowest BCUT2D eigenvalue weighted by molar-refractivity contribution is 0.145. The Morgan fingerprint density at radius 2 is 1.88 bits per heavy atom. The first kappa shape index (κ1) is 21.0. The van der Waals surface area contributed by atoms with Crippen LogP contribution in [0.5, 0.6) is 5.75 Å². The van der Waals surface area contributed by atoms with Crippen LogP contribution in [-0.4, -0.2) is 44.3 Å². The summed E-state index contributed by atoms with van der Waals surface area (Å²) in [6, 6.07) is 6.19. The molecule has 1 aliphatic heterocycles. The number of hydrogen-bond donors (Lipinski definition) is 1. The molecule has 136 valence electrons. The Hall–Kier alpha value is -1.02. The highest BCUT2D eigenvalue weighted by molar-refractivity contribution is 14.0. The molecule has 1 saturated heterocycles. The van der Waals surface area contributed by atoms with E-state index >= 15 is 0 Å². The molecule has 0 bridgehead atoms. The van der Waals surface area contributed by atoms with Crippen LogP contribution in [0.15, 0.2) is 23.2 Å². The zero-order chi connectivity index (χ0) is 16.5. The molecule has 0 spiro atoms. The highest BCUT2D eigenvalue weighted by Gasteiger charge is 2.11. The molecule has 5 nitrogen and oxygen atoms in total. The number of guanidine groups is 1. The molecular formula is C18H30IN3O2. The second kappa shape index (κ2) is 11.5. The summed E-state index contributed by atoms with van der Waals surface area (Å²) in [7, 11) is 1.67. The fourth-order valence-electron chi connectivity index (χ4n) is 2.73. The molecule has 2 N–H and O–H groups in total. The predicted octanol–water partition coefficient (Wildman–Crippen LogP) is 3.33. The van der Waals surface area contributed by atoms with Crippen molar-refractivity contribution in [3.8, 4) is 5.75 Å². The third-order valence-electron chi connectivity index (χ3n) is 4.11. The van der Waals surface area contributed by atoms with Gasteiger partial charge in [-0.05, 0) is 31.4 Å². The number of aliphatic imine (C=N–C) groups is 1. The molecule has 1 heterocycles. The summed E-state index contributed by atoms with van der Waals surface area (Å²) < 4.78 is 10.9. The summed E-state index contributed by atoms with van der Waals surface area (Å²) in [6.07, 6.45) is 4.98. The molecule has 1 aromatic carbocycles. The fraction of sp³-hybridized carbons (Fsp3) is 0.611. The van der Waals surface area contributed by atoms with E-state index in [0.717, 1.165) is 24.4 Å². The van der Waals surface area contributed by atoms with Crippen LogP contribution in [0.2, 0.25) is 0 Å². The molecule has 0 atom stereocenters. The van der Waals surface area contributed by atoms with Crippen molar-refractivity contribution < 1.29 is 9.47 Å². The van der Waals surface area contributed by atoms with Gasteiger partial charge in [-0.15, -0.1) is 24.0 Å². The number of benzene rings is 1. The number of methoxy groups -OCH3 is 1. The molecule has 0 aliphatic carbocycles. The number of aryl methyl sites for hydroxylation is 1. The van der Waals surface area contributed by atoms with E-state index in [1.807, 2.05) is 6.07 Å². The SMILES string of the molecule is COCCOc1cc(C)ccc1CN=C(N)N1CCCCCC1.I. The number of rotatable bonds is 6. The topological polar surface area (TPSA) is 60.1 Å². The maximum absolute atomic E-state index is 6.18. The van der Waals surface area contributed by atoms with Crippen LogP contribution in [0.25, 0.3) is 0 Å². The number of ether oxygens (including phenoxy) is 2. The number of hydrogen-bond acceptors (Lipinski definition) is 3. The van der Waals surface area contributed by atoms with Gasteiger partial charge >= 0.3 is 0 Å². The largest absolute Gasteiger partial charge is 0.491 e. The molecule has 0 aromatic heterocycles. The van der Waals surface area contributed by atoms with Gasteiger partial charge in [0.05, 0.1) is 13.2 Å². The van der Waals surface area contributed by atoms with E-state index in [4.69, 9.17) is 15.2 Å². The van der Waals surface area contributed by atoms with Gasteiger partial charge in [0.25, 0.3) is 0 Å². The zero-order valence-electron chi connectivity index (χ0n) is 14.8. The van der Waals surface area contributed by atoms with Gasteiger partial charge in [-0.2, -0.15) is 0 Å². The van der Waals surface area contributed by atoms with Crippen LogP contribution < -0.4 is 10.5 Å². The molecule has 0 amide bonds. The molecule has 2 rings (SSSR count). The molecule has 1 aliphatic rings. The van der Waals surface area contributed by atoms with Gasteiger partial charge in [-0.3, -0.25) is 0 Å². The highest BCUT2D eigenvalue weighted by atomic mass is 127. The number of nitrogens with zero attached hydrogens (tertiary/aromatic N) is 2. The van der Waals surface area contributed by atoms with Crippen molar-refractivity contribution in [2.24, 2.45) is 10.7 Å². The fourth-order valence-corrected chi connectivity index (χ4v) is 2.73. The van der Waals surface area contributed by atoms with E-state index in [2.05, 4.69) is 28.9 Å². The Balaban J connectivity index is 0.00000288. The van der Waals surface area contributed by atoms with Crippen molar-refractivity contribution in [2.45, 2.75) is 39.2 Å². The van der Waals surface area contributed by atoms with Crippen molar-refractivity contribution in [3.63, 3.8) is 0 Å². The van der Waals surface area contributed by atoms with Crippen LogP contribution in [-0.2, 0) is 11.3 Å². The van der Waals surface area contributed by atoms with Crippen molar-refractivity contribution in [3.05, 3.63) is 29.3 Å². The number of likely N-dealkylation sites (tertiary alicyclic amines) is 1. The molecule has 1 aromatic rings. The van der Waals surface area contributed by atoms with Crippen LogP contribution in [0, 0.1) is 6.92 Å². The standard InChI is InChI=1S/C18H29N3O2.HI/c1-15-7-8-16(17(13-15)23-12-11-22-2)14-20-18(19)21-9-5-3-4-6-10-21;/h7-8,13H,3-6,9-12,14H2,1-2H3,(H2,19,20);1H. The van der Waals surface area contributed by atoms with Gasteiger partial charge in [0, 0.05) is 25.8 Å². The first-order valence-corrected chi connectivity index (χ1v) is 8.47. The lowest BCUT2D eigenvalue weighted by atomic mass is 10.1. The van der Waals surface area contributed by atoms with Gasteiger partial charge in [-0.1, -0.05) is 25.0 Å². The number of nitrogens with two attached hydrogens (primary N) is 1. The Morgan fingerprint density at radius 1 is 1.17 bits per heavy atom. The number of halogens is 1. The Kier molecular flexibility index (Phi) is 10.1. The summed E-state index contributed by atoms with van der Waals surface area (Å²) in [5, 5.41) is 0. The molecule has 0 radical (unpaired) electrons. The minimum absolute atomic E-state index is 0. The molecule has 1 fully saturated rings. The Bertz CT molecular complexity index is 515. The minimum Gasteiger partial charge on any atom is -0.491 e. The summed E-state index contributed by atoms with van der Waals surface area (Å²) in [4.78, 5) is 6.79. The average Bonchev–Trinajstić information content (AvgIpc) is 2.83. The van der Waals surface area contributed by atoms with E-state index < -0.39 is 0 Å². The van der Waals surface area contributed by atoms with Gasteiger partial charge in [-0.25, -0.2) is 4.99 Å². The van der Waals surface area contributed by atoms with Gasteiger partial charge in [0.1, 0.15) is 12.4 Å². The Labute approximate surface area is 162 Å².